The van der Waals surface area contributed by atoms with Crippen LogP contribution < -0.4 is 10.6 Å². The van der Waals surface area contributed by atoms with Gasteiger partial charge in [0.25, 0.3) is 11.8 Å². The third-order valence-corrected chi connectivity index (χ3v) is 8.08. The summed E-state index contributed by atoms with van der Waals surface area (Å²) >= 11 is 1.73. The molecule has 5 rings (SSSR count). The van der Waals surface area contributed by atoms with Gasteiger partial charge in [-0.1, -0.05) is 59.8 Å². The molecule has 6 nitrogen and oxygen atoms in total. The first kappa shape index (κ1) is 25.8. The normalized spacial score (nSPS) is 17.0. The van der Waals surface area contributed by atoms with E-state index in [1.54, 1.807) is 11.8 Å². The number of hydrogen-bond donors (Lipinski definition) is 2. The lowest BCUT2D eigenvalue weighted by Crippen LogP contribution is -2.43. The number of amides is 2. The van der Waals surface area contributed by atoms with Crippen molar-refractivity contribution in [2.45, 2.75) is 40.2 Å². The fourth-order valence-corrected chi connectivity index (χ4v) is 6.04. The Morgan fingerprint density at radius 3 is 2.39 bits per heavy atom. The SMILES string of the molecule is CC1=C(C(=O)Nc2ccc(C)cc2C)C(c2ccc(NC(=O)c3ccccc3C)cc2)N2CCCSC2=N1. The number of benzene rings is 3. The molecule has 1 unspecified atom stereocenters. The van der Waals surface area contributed by atoms with Crippen LogP contribution in [0.5, 0.6) is 0 Å². The highest BCUT2D eigenvalue weighted by Crippen LogP contribution is 2.40. The molecule has 0 radical (unpaired) electrons. The Labute approximate surface area is 228 Å². The number of allylic oxidation sites excluding steroid dienone is 1. The molecule has 1 saturated heterocycles. The number of rotatable bonds is 5. The van der Waals surface area contributed by atoms with Gasteiger partial charge in [-0.15, -0.1) is 0 Å². The van der Waals surface area contributed by atoms with Crippen LogP contribution in [0, 0.1) is 20.8 Å². The predicted molar refractivity (Wildman–Crippen MR) is 157 cm³/mol. The summed E-state index contributed by atoms with van der Waals surface area (Å²) in [4.78, 5) is 33.6. The lowest BCUT2D eigenvalue weighted by Gasteiger charge is -2.41. The molecular weight excluding hydrogens is 492 g/mol. The second-order valence-electron chi connectivity index (χ2n) is 9.85. The van der Waals surface area contributed by atoms with Gasteiger partial charge in [0.2, 0.25) is 0 Å². The average Bonchev–Trinajstić information content (AvgIpc) is 2.90. The van der Waals surface area contributed by atoms with E-state index in [2.05, 4.69) is 21.6 Å². The number of carbonyl (C=O) groups excluding carboxylic acids is 2. The van der Waals surface area contributed by atoms with Gasteiger partial charge in [-0.05, 0) is 75.1 Å². The molecule has 2 heterocycles. The Hall–Kier alpha value is -3.84. The first-order valence-corrected chi connectivity index (χ1v) is 13.8. The van der Waals surface area contributed by atoms with Crippen LogP contribution in [0.2, 0.25) is 0 Å². The Morgan fingerprint density at radius 2 is 1.66 bits per heavy atom. The summed E-state index contributed by atoms with van der Waals surface area (Å²) in [5, 5.41) is 7.09. The number of thioether (sulfide) groups is 1. The molecule has 0 aromatic heterocycles. The Balaban J connectivity index is 1.44. The second-order valence-corrected chi connectivity index (χ2v) is 10.9. The summed E-state index contributed by atoms with van der Waals surface area (Å²) in [7, 11) is 0. The van der Waals surface area contributed by atoms with E-state index in [0.29, 0.717) is 16.8 Å². The lowest BCUT2D eigenvalue weighted by atomic mass is 9.93. The fraction of sp³-hybridized carbons (Fsp3) is 0.258. The van der Waals surface area contributed by atoms with Crippen LogP contribution in [0.1, 0.15) is 52.0 Å². The van der Waals surface area contributed by atoms with Crippen LogP contribution in [0.15, 0.2) is 83.0 Å². The number of carbonyl (C=O) groups is 2. The number of aliphatic imine (C=N–C) groups is 1. The van der Waals surface area contributed by atoms with E-state index < -0.39 is 0 Å². The molecule has 3 aromatic carbocycles. The largest absolute Gasteiger partial charge is 0.340 e. The van der Waals surface area contributed by atoms with Gasteiger partial charge in [0.15, 0.2) is 5.17 Å². The molecule has 1 fully saturated rings. The summed E-state index contributed by atoms with van der Waals surface area (Å²) < 4.78 is 0. The highest BCUT2D eigenvalue weighted by atomic mass is 32.2. The summed E-state index contributed by atoms with van der Waals surface area (Å²) in [6.07, 6.45) is 1.02. The van der Waals surface area contributed by atoms with Crippen LogP contribution in [-0.4, -0.2) is 34.2 Å². The monoisotopic (exact) mass is 524 g/mol. The molecule has 0 aliphatic carbocycles. The molecule has 0 saturated carbocycles. The number of nitrogens with one attached hydrogen (secondary N) is 2. The van der Waals surface area contributed by atoms with E-state index in [0.717, 1.165) is 57.5 Å². The quantitative estimate of drug-likeness (QED) is 0.393. The summed E-state index contributed by atoms with van der Waals surface area (Å²) in [6.45, 7) is 8.72. The number of fused-ring (bicyclic) bond motifs is 1. The highest BCUT2D eigenvalue weighted by molar-refractivity contribution is 8.13. The minimum absolute atomic E-state index is 0.139. The van der Waals surface area contributed by atoms with Gasteiger partial charge in [0, 0.05) is 29.2 Å². The minimum atomic E-state index is -0.262. The fourth-order valence-electron chi connectivity index (χ4n) is 5.02. The zero-order valence-electron chi connectivity index (χ0n) is 22.2. The molecule has 2 aliphatic heterocycles. The summed E-state index contributed by atoms with van der Waals surface area (Å²) in [5.74, 6) is 0.734. The molecule has 0 bridgehead atoms. The Morgan fingerprint density at radius 1 is 0.895 bits per heavy atom. The van der Waals surface area contributed by atoms with Crippen LogP contribution in [0.25, 0.3) is 0 Å². The summed E-state index contributed by atoms with van der Waals surface area (Å²) in [5.41, 5.74) is 7.63. The molecule has 2 amide bonds. The molecule has 38 heavy (non-hydrogen) atoms. The van der Waals surface area contributed by atoms with Crippen molar-refractivity contribution >= 4 is 40.1 Å². The maximum absolute atomic E-state index is 13.7. The van der Waals surface area contributed by atoms with Gasteiger partial charge in [-0.2, -0.15) is 0 Å². The van der Waals surface area contributed by atoms with E-state index >= 15 is 0 Å². The van der Waals surface area contributed by atoms with Gasteiger partial charge >= 0.3 is 0 Å². The molecule has 3 aromatic rings. The third-order valence-electron chi connectivity index (χ3n) is 7.01. The number of aryl methyl sites for hydroxylation is 3. The van der Waals surface area contributed by atoms with E-state index in [1.165, 1.54) is 0 Å². The summed E-state index contributed by atoms with van der Waals surface area (Å²) in [6, 6.07) is 21.1. The smallest absolute Gasteiger partial charge is 0.255 e. The standard InChI is InChI=1S/C31H32N4O2S/c1-19-10-15-26(21(3)18-19)34-30(37)27-22(4)32-31-35(16-7-17-38-31)28(27)23-11-13-24(14-12-23)33-29(36)25-9-6-5-8-20(25)2/h5-6,8-15,18,28H,7,16-17H2,1-4H3,(H,33,36)(H,34,37). The topological polar surface area (TPSA) is 73.8 Å². The second kappa shape index (κ2) is 10.9. The zero-order valence-corrected chi connectivity index (χ0v) is 23.0. The number of hydrogen-bond acceptors (Lipinski definition) is 5. The van der Waals surface area contributed by atoms with Crippen molar-refractivity contribution in [3.05, 3.63) is 106 Å². The van der Waals surface area contributed by atoms with Crippen molar-refractivity contribution < 1.29 is 9.59 Å². The maximum Gasteiger partial charge on any atom is 0.255 e. The van der Waals surface area contributed by atoms with Crippen molar-refractivity contribution in [2.75, 3.05) is 22.9 Å². The van der Waals surface area contributed by atoms with Crippen LogP contribution in [0.3, 0.4) is 0 Å². The van der Waals surface area contributed by atoms with Crippen LogP contribution in [-0.2, 0) is 4.79 Å². The van der Waals surface area contributed by atoms with E-state index in [-0.39, 0.29) is 17.9 Å². The van der Waals surface area contributed by atoms with Gasteiger partial charge in [0.1, 0.15) is 0 Å². The van der Waals surface area contributed by atoms with Gasteiger partial charge < -0.3 is 15.5 Å². The van der Waals surface area contributed by atoms with E-state index in [1.807, 2.05) is 88.4 Å². The molecule has 1 atom stereocenters. The molecule has 2 aliphatic rings. The predicted octanol–water partition coefficient (Wildman–Crippen LogP) is 6.63. The Kier molecular flexibility index (Phi) is 7.38. The highest BCUT2D eigenvalue weighted by Gasteiger charge is 2.37. The van der Waals surface area contributed by atoms with Crippen LogP contribution in [0.4, 0.5) is 11.4 Å². The van der Waals surface area contributed by atoms with E-state index in [4.69, 9.17) is 4.99 Å². The first-order chi connectivity index (χ1) is 18.3. The third kappa shape index (κ3) is 5.24. The van der Waals surface area contributed by atoms with Gasteiger partial charge in [-0.25, -0.2) is 4.99 Å². The number of amidine groups is 1. The van der Waals surface area contributed by atoms with Gasteiger partial charge in [-0.3, -0.25) is 9.59 Å². The minimum Gasteiger partial charge on any atom is -0.340 e. The Bertz CT molecular complexity index is 1460. The van der Waals surface area contributed by atoms with Crippen molar-refractivity contribution in [1.82, 2.24) is 4.90 Å². The molecule has 7 heteroatoms. The van der Waals surface area contributed by atoms with Crippen molar-refractivity contribution in [2.24, 2.45) is 4.99 Å². The van der Waals surface area contributed by atoms with Crippen molar-refractivity contribution in [3.63, 3.8) is 0 Å². The van der Waals surface area contributed by atoms with Crippen LogP contribution >= 0.6 is 11.8 Å². The molecule has 2 N–H and O–H groups in total. The van der Waals surface area contributed by atoms with Crippen molar-refractivity contribution in [1.29, 1.82) is 0 Å². The molecular formula is C31H32N4O2S. The average molecular weight is 525 g/mol. The van der Waals surface area contributed by atoms with Crippen molar-refractivity contribution in [3.8, 4) is 0 Å². The first-order valence-electron chi connectivity index (χ1n) is 12.9. The molecule has 194 valence electrons. The number of anilines is 2. The maximum atomic E-state index is 13.7. The lowest BCUT2D eigenvalue weighted by molar-refractivity contribution is -0.113. The zero-order chi connectivity index (χ0) is 26.8. The molecule has 0 spiro atoms. The number of nitrogens with zero attached hydrogens (tertiary/aromatic N) is 2. The van der Waals surface area contributed by atoms with Gasteiger partial charge in [0.05, 0.1) is 17.3 Å². The van der Waals surface area contributed by atoms with E-state index in [9.17, 15) is 9.59 Å².